The standard InChI is InChI=1S/C25H17N3O3/c29-23-20(24(30)28(25(31)27-23)17-11-5-2-6-12-17)15-19-18-13-7-8-14-21(18)26-22(19)16-9-3-1-4-10-16/h1-15,30H,(H,27,29,31)/b19-15+. The zero-order valence-electron chi connectivity index (χ0n) is 16.3. The largest absolute Gasteiger partial charge is 0.494 e. The highest BCUT2D eigenvalue weighted by molar-refractivity contribution is 6.39. The van der Waals surface area contributed by atoms with Crippen LogP contribution in [0.15, 0.2) is 99.5 Å². The van der Waals surface area contributed by atoms with Gasteiger partial charge in [-0.2, -0.15) is 0 Å². The van der Waals surface area contributed by atoms with Crippen molar-refractivity contribution < 1.29 is 5.11 Å². The fourth-order valence-corrected chi connectivity index (χ4v) is 3.70. The van der Waals surface area contributed by atoms with E-state index in [2.05, 4.69) is 4.98 Å². The second kappa shape index (κ2) is 7.42. The molecule has 1 aliphatic heterocycles. The normalized spacial score (nSPS) is 13.8. The average molecular weight is 407 g/mol. The quantitative estimate of drug-likeness (QED) is 0.540. The van der Waals surface area contributed by atoms with E-state index in [0.717, 1.165) is 21.4 Å². The van der Waals surface area contributed by atoms with Gasteiger partial charge in [0.2, 0.25) is 5.88 Å². The third kappa shape index (κ3) is 3.20. The van der Waals surface area contributed by atoms with Gasteiger partial charge in [0.25, 0.3) is 5.56 Å². The summed E-state index contributed by atoms with van der Waals surface area (Å²) in [6, 6.07) is 25.9. The Kier molecular flexibility index (Phi) is 4.45. The first kappa shape index (κ1) is 18.6. The van der Waals surface area contributed by atoms with Crippen molar-refractivity contribution in [3.05, 3.63) is 122 Å². The summed E-state index contributed by atoms with van der Waals surface area (Å²) in [5.74, 6) is -0.427. The van der Waals surface area contributed by atoms with Crippen molar-refractivity contribution in [2.24, 2.45) is 4.99 Å². The van der Waals surface area contributed by atoms with Gasteiger partial charge in [0, 0.05) is 16.7 Å². The summed E-state index contributed by atoms with van der Waals surface area (Å²) in [5, 5.41) is 10.9. The number of nitrogens with one attached hydrogen (secondary N) is 1. The molecule has 2 heterocycles. The molecular weight excluding hydrogens is 390 g/mol. The van der Waals surface area contributed by atoms with Gasteiger partial charge in [-0.3, -0.25) is 9.78 Å². The maximum Gasteiger partial charge on any atom is 0.335 e. The topological polar surface area (TPSA) is 87.5 Å². The molecule has 1 aliphatic rings. The molecule has 0 radical (unpaired) electrons. The van der Waals surface area contributed by atoms with E-state index in [4.69, 9.17) is 4.99 Å². The second-order valence-electron chi connectivity index (χ2n) is 7.07. The molecule has 0 unspecified atom stereocenters. The summed E-state index contributed by atoms with van der Waals surface area (Å²) in [6.07, 6.45) is 1.59. The average Bonchev–Trinajstić information content (AvgIpc) is 3.16. The van der Waals surface area contributed by atoms with Crippen LogP contribution in [-0.4, -0.2) is 20.4 Å². The van der Waals surface area contributed by atoms with Gasteiger partial charge in [-0.15, -0.1) is 0 Å². The van der Waals surface area contributed by atoms with E-state index in [1.54, 1.807) is 36.4 Å². The lowest BCUT2D eigenvalue weighted by atomic mass is 9.96. The van der Waals surface area contributed by atoms with Crippen LogP contribution in [0.5, 0.6) is 5.88 Å². The van der Waals surface area contributed by atoms with Crippen LogP contribution in [0, 0.1) is 0 Å². The summed E-state index contributed by atoms with van der Waals surface area (Å²) >= 11 is 0. The summed E-state index contributed by atoms with van der Waals surface area (Å²) in [6.45, 7) is 0. The molecule has 0 bridgehead atoms. The van der Waals surface area contributed by atoms with Crippen LogP contribution in [0.1, 0.15) is 16.7 Å². The first-order valence-corrected chi connectivity index (χ1v) is 9.73. The molecule has 0 spiro atoms. The van der Waals surface area contributed by atoms with Gasteiger partial charge in [0.1, 0.15) is 5.56 Å². The SMILES string of the molecule is O=c1[nH]c(=O)n(-c2ccccc2)c(O)c1/C=C1/C(c2ccccc2)=Nc2ccccc21. The monoisotopic (exact) mass is 407 g/mol. The fraction of sp³-hybridized carbons (Fsp3) is 0. The molecule has 0 fully saturated rings. The van der Waals surface area contributed by atoms with Gasteiger partial charge in [-0.25, -0.2) is 14.4 Å². The van der Waals surface area contributed by atoms with Gasteiger partial charge in [0.05, 0.1) is 17.1 Å². The highest BCUT2D eigenvalue weighted by atomic mass is 16.3. The lowest BCUT2D eigenvalue weighted by Gasteiger charge is -2.11. The predicted molar refractivity (Wildman–Crippen MR) is 121 cm³/mol. The van der Waals surface area contributed by atoms with Gasteiger partial charge in [0.15, 0.2) is 0 Å². The zero-order valence-corrected chi connectivity index (χ0v) is 16.3. The number of nitrogens with zero attached hydrogens (tertiary/aromatic N) is 2. The van der Waals surface area contributed by atoms with Crippen molar-refractivity contribution in [1.82, 2.24) is 9.55 Å². The van der Waals surface area contributed by atoms with Crippen LogP contribution in [0.3, 0.4) is 0 Å². The highest BCUT2D eigenvalue weighted by Gasteiger charge is 2.24. The Balaban J connectivity index is 1.76. The van der Waals surface area contributed by atoms with E-state index in [-0.39, 0.29) is 5.56 Å². The van der Waals surface area contributed by atoms with Gasteiger partial charge >= 0.3 is 5.69 Å². The number of fused-ring (bicyclic) bond motifs is 1. The Bertz CT molecular complexity index is 1460. The molecule has 0 saturated carbocycles. The van der Waals surface area contributed by atoms with E-state index in [1.165, 1.54) is 0 Å². The van der Waals surface area contributed by atoms with Crippen molar-refractivity contribution in [1.29, 1.82) is 0 Å². The maximum atomic E-state index is 12.7. The molecule has 150 valence electrons. The first-order chi connectivity index (χ1) is 15.1. The number of aromatic amines is 1. The van der Waals surface area contributed by atoms with Crippen molar-refractivity contribution in [3.8, 4) is 11.6 Å². The van der Waals surface area contributed by atoms with E-state index >= 15 is 0 Å². The second-order valence-corrected chi connectivity index (χ2v) is 7.07. The summed E-state index contributed by atoms with van der Waals surface area (Å²) in [4.78, 5) is 32.2. The molecule has 0 saturated heterocycles. The van der Waals surface area contributed by atoms with E-state index < -0.39 is 17.1 Å². The molecule has 0 atom stereocenters. The minimum Gasteiger partial charge on any atom is -0.494 e. The van der Waals surface area contributed by atoms with Crippen LogP contribution in [0.2, 0.25) is 0 Å². The zero-order chi connectivity index (χ0) is 21.4. The Morgan fingerprint density at radius 1 is 0.839 bits per heavy atom. The Morgan fingerprint density at radius 3 is 2.23 bits per heavy atom. The molecule has 1 aromatic heterocycles. The molecule has 6 nitrogen and oxygen atoms in total. The van der Waals surface area contributed by atoms with Gasteiger partial charge < -0.3 is 5.11 Å². The third-order valence-electron chi connectivity index (χ3n) is 5.15. The molecule has 31 heavy (non-hydrogen) atoms. The lowest BCUT2D eigenvalue weighted by Crippen LogP contribution is -2.30. The smallest absolute Gasteiger partial charge is 0.335 e. The van der Waals surface area contributed by atoms with Gasteiger partial charge in [-0.05, 0) is 24.3 Å². The number of allylic oxidation sites excluding steroid dienone is 1. The molecule has 2 N–H and O–H groups in total. The van der Waals surface area contributed by atoms with Crippen molar-refractivity contribution in [2.75, 3.05) is 0 Å². The number of para-hydroxylation sites is 2. The number of aromatic nitrogens is 2. The Morgan fingerprint density at radius 2 is 1.48 bits per heavy atom. The van der Waals surface area contributed by atoms with Crippen LogP contribution >= 0.6 is 0 Å². The third-order valence-corrected chi connectivity index (χ3v) is 5.15. The number of aromatic hydroxyl groups is 1. The van der Waals surface area contributed by atoms with Crippen molar-refractivity contribution >= 4 is 23.0 Å². The number of hydrogen-bond acceptors (Lipinski definition) is 4. The van der Waals surface area contributed by atoms with E-state index in [1.807, 2.05) is 54.6 Å². The number of benzene rings is 3. The molecule has 0 amide bonds. The number of rotatable bonds is 3. The molecule has 0 aliphatic carbocycles. The molecule has 6 heteroatoms. The summed E-state index contributed by atoms with van der Waals surface area (Å²) in [5.41, 5.74) is 2.95. The van der Waals surface area contributed by atoms with Crippen molar-refractivity contribution in [3.63, 3.8) is 0 Å². The van der Waals surface area contributed by atoms with E-state index in [9.17, 15) is 14.7 Å². The molecule has 5 rings (SSSR count). The molecule has 4 aromatic rings. The summed E-state index contributed by atoms with van der Waals surface area (Å²) in [7, 11) is 0. The van der Waals surface area contributed by atoms with Crippen LogP contribution in [-0.2, 0) is 0 Å². The maximum absolute atomic E-state index is 12.7. The fourth-order valence-electron chi connectivity index (χ4n) is 3.70. The number of H-pyrrole nitrogens is 1. The van der Waals surface area contributed by atoms with Gasteiger partial charge in [-0.1, -0.05) is 66.7 Å². The van der Waals surface area contributed by atoms with Crippen LogP contribution < -0.4 is 11.2 Å². The van der Waals surface area contributed by atoms with Crippen LogP contribution in [0.25, 0.3) is 17.3 Å². The minimum absolute atomic E-state index is 0.0150. The number of aliphatic imine (C=N–C) groups is 1. The Labute approximate surface area is 177 Å². The predicted octanol–water partition coefficient (Wildman–Crippen LogP) is 3.91. The molecule has 3 aromatic carbocycles. The lowest BCUT2D eigenvalue weighted by molar-refractivity contribution is 0.429. The first-order valence-electron chi connectivity index (χ1n) is 9.73. The Hall–Kier alpha value is -4.45. The minimum atomic E-state index is -0.709. The highest BCUT2D eigenvalue weighted by Crippen LogP contribution is 2.38. The van der Waals surface area contributed by atoms with E-state index in [0.29, 0.717) is 17.0 Å². The van der Waals surface area contributed by atoms with Crippen molar-refractivity contribution in [2.45, 2.75) is 0 Å². The van der Waals surface area contributed by atoms with Crippen LogP contribution in [0.4, 0.5) is 5.69 Å². The molecular formula is C25H17N3O3. The summed E-state index contributed by atoms with van der Waals surface area (Å²) < 4.78 is 1.08. The number of hydrogen-bond donors (Lipinski definition) is 2.